The second-order valence-corrected chi connectivity index (χ2v) is 5.02. The Kier molecular flexibility index (Phi) is 17.6. The molecule has 0 aromatic heterocycles. The van der Waals surface area contributed by atoms with Crippen molar-refractivity contribution in [3.8, 4) is 0 Å². The van der Waals surface area contributed by atoms with Gasteiger partial charge in [0.25, 0.3) is 0 Å². The molecule has 0 aliphatic carbocycles. The van der Waals surface area contributed by atoms with Crippen LogP contribution in [0.5, 0.6) is 0 Å². The van der Waals surface area contributed by atoms with Gasteiger partial charge in [-0.25, -0.2) is 4.79 Å². The van der Waals surface area contributed by atoms with Crippen LogP contribution in [0, 0.1) is 5.41 Å². The van der Waals surface area contributed by atoms with Gasteiger partial charge in [0.15, 0.2) is 0 Å². The first-order valence-corrected chi connectivity index (χ1v) is 6.53. The van der Waals surface area contributed by atoms with Gasteiger partial charge in [-0.3, -0.25) is 9.59 Å². The summed E-state index contributed by atoms with van der Waals surface area (Å²) in [7, 11) is 0. The van der Waals surface area contributed by atoms with E-state index < -0.39 is 17.9 Å². The molecule has 0 atom stereocenters. The Morgan fingerprint density at radius 2 is 1.18 bits per heavy atom. The predicted molar refractivity (Wildman–Crippen MR) is 79.5 cm³/mol. The third kappa shape index (κ3) is 30.8. The van der Waals surface area contributed by atoms with Crippen LogP contribution in [-0.4, -0.2) is 56.7 Å². The molecular formula is C14H26O8. The van der Waals surface area contributed by atoms with Crippen LogP contribution in [0.4, 0.5) is 0 Å². The van der Waals surface area contributed by atoms with Crippen molar-refractivity contribution in [3.63, 3.8) is 0 Å². The highest BCUT2D eigenvalue weighted by Gasteiger charge is 2.13. The molecule has 0 saturated heterocycles. The average molecular weight is 322 g/mol. The first kappa shape index (κ1) is 25.0. The first-order valence-electron chi connectivity index (χ1n) is 6.53. The number of aliphatic hydroxyl groups excluding tert-OH is 2. The van der Waals surface area contributed by atoms with Crippen molar-refractivity contribution in [2.45, 2.75) is 39.5 Å². The van der Waals surface area contributed by atoms with Gasteiger partial charge < -0.3 is 25.5 Å². The van der Waals surface area contributed by atoms with Crippen molar-refractivity contribution in [2.24, 2.45) is 5.41 Å². The average Bonchev–Trinajstić information content (AvgIpc) is 2.44. The van der Waals surface area contributed by atoms with Crippen LogP contribution in [0.1, 0.15) is 39.5 Å². The molecule has 130 valence electrons. The van der Waals surface area contributed by atoms with E-state index in [-0.39, 0.29) is 31.5 Å². The van der Waals surface area contributed by atoms with E-state index in [1.165, 1.54) is 0 Å². The van der Waals surface area contributed by atoms with E-state index in [0.717, 1.165) is 6.08 Å². The Morgan fingerprint density at radius 1 is 0.909 bits per heavy atom. The van der Waals surface area contributed by atoms with Crippen molar-refractivity contribution >= 4 is 17.9 Å². The van der Waals surface area contributed by atoms with Gasteiger partial charge in [-0.05, 0) is 12.8 Å². The van der Waals surface area contributed by atoms with Crippen LogP contribution >= 0.6 is 0 Å². The molecule has 8 nitrogen and oxygen atoms in total. The topological polar surface area (TPSA) is 152 Å². The summed E-state index contributed by atoms with van der Waals surface area (Å²) < 4.78 is 0. The normalized spacial score (nSPS) is 9.45. The molecule has 0 bridgehead atoms. The summed E-state index contributed by atoms with van der Waals surface area (Å²) in [5.41, 5.74) is -0.306. The zero-order valence-corrected chi connectivity index (χ0v) is 13.0. The van der Waals surface area contributed by atoms with Crippen LogP contribution in [0.15, 0.2) is 12.7 Å². The number of hydrogen-bond donors (Lipinski definition) is 5. The molecule has 0 radical (unpaired) electrons. The molecule has 22 heavy (non-hydrogen) atoms. The van der Waals surface area contributed by atoms with Crippen molar-refractivity contribution in [1.82, 2.24) is 0 Å². The van der Waals surface area contributed by atoms with Gasteiger partial charge >= 0.3 is 17.9 Å². The lowest BCUT2D eigenvalue weighted by atomic mass is 9.97. The quantitative estimate of drug-likeness (QED) is 0.327. The second-order valence-electron chi connectivity index (χ2n) is 5.02. The lowest BCUT2D eigenvalue weighted by Crippen LogP contribution is -2.20. The van der Waals surface area contributed by atoms with E-state index in [2.05, 4.69) is 6.58 Å². The zero-order valence-electron chi connectivity index (χ0n) is 13.0. The Morgan fingerprint density at radius 3 is 1.27 bits per heavy atom. The van der Waals surface area contributed by atoms with Crippen molar-refractivity contribution in [1.29, 1.82) is 0 Å². The lowest BCUT2D eigenvalue weighted by Gasteiger charge is -2.16. The molecule has 8 heteroatoms. The SMILES string of the molecule is C=CC(=O)O.CC(C)(CO)CO.O=C(O)CCCCC(=O)O. The Balaban J connectivity index is -0.000000263. The van der Waals surface area contributed by atoms with E-state index in [0.29, 0.717) is 12.8 Å². The fourth-order valence-corrected chi connectivity index (χ4v) is 0.602. The number of aliphatic hydroxyl groups is 2. The van der Waals surface area contributed by atoms with Gasteiger partial charge in [0.2, 0.25) is 0 Å². The molecule has 0 aromatic rings. The van der Waals surface area contributed by atoms with E-state index in [1.54, 1.807) is 13.8 Å². The van der Waals surface area contributed by atoms with Crippen molar-refractivity contribution in [3.05, 3.63) is 12.7 Å². The summed E-state index contributed by atoms with van der Waals surface area (Å²) in [5.74, 6) is -2.72. The number of aliphatic carboxylic acids is 3. The number of carboxylic acid groups (broad SMARTS) is 3. The van der Waals surface area contributed by atoms with Crippen molar-refractivity contribution in [2.75, 3.05) is 13.2 Å². The number of rotatable bonds is 8. The molecule has 0 heterocycles. The first-order chi connectivity index (χ1) is 10.0. The molecule has 0 amide bonds. The number of hydrogen-bond acceptors (Lipinski definition) is 5. The maximum absolute atomic E-state index is 9.90. The number of carboxylic acids is 3. The smallest absolute Gasteiger partial charge is 0.327 e. The van der Waals surface area contributed by atoms with E-state index in [9.17, 15) is 14.4 Å². The molecule has 0 rings (SSSR count). The molecule has 0 spiro atoms. The van der Waals surface area contributed by atoms with E-state index >= 15 is 0 Å². The highest BCUT2D eigenvalue weighted by Crippen LogP contribution is 2.10. The molecule has 0 aliphatic heterocycles. The number of carbonyl (C=O) groups is 3. The summed E-state index contributed by atoms with van der Waals surface area (Å²) in [5, 5.41) is 40.7. The monoisotopic (exact) mass is 322 g/mol. The molecule has 5 N–H and O–H groups in total. The van der Waals surface area contributed by atoms with Crippen LogP contribution < -0.4 is 0 Å². The summed E-state index contributed by atoms with van der Waals surface area (Å²) in [6.45, 7) is 6.65. The fraction of sp³-hybridized carbons (Fsp3) is 0.643. The maximum atomic E-state index is 9.90. The second kappa shape index (κ2) is 15.5. The van der Waals surface area contributed by atoms with Gasteiger partial charge in [-0.2, -0.15) is 0 Å². The maximum Gasteiger partial charge on any atom is 0.327 e. The third-order valence-corrected chi connectivity index (χ3v) is 2.06. The fourth-order valence-electron chi connectivity index (χ4n) is 0.602. The van der Waals surface area contributed by atoms with Gasteiger partial charge in [0.05, 0.1) is 13.2 Å². The Bertz CT molecular complexity index is 314. The summed E-state index contributed by atoms with van der Waals surface area (Å²) in [4.78, 5) is 29.0. The predicted octanol–water partition coefficient (Wildman–Crippen LogP) is 0.970. The minimum atomic E-state index is -0.981. The summed E-state index contributed by atoms with van der Waals surface area (Å²) >= 11 is 0. The zero-order chi connectivity index (χ0) is 18.2. The van der Waals surface area contributed by atoms with Crippen molar-refractivity contribution < 1.29 is 39.9 Å². The van der Waals surface area contributed by atoms with Gasteiger partial charge in [-0.15, -0.1) is 0 Å². The van der Waals surface area contributed by atoms with Crippen LogP contribution in [-0.2, 0) is 14.4 Å². The molecule has 0 aromatic carbocycles. The third-order valence-electron chi connectivity index (χ3n) is 2.06. The van der Waals surface area contributed by atoms with E-state index in [4.69, 9.17) is 25.5 Å². The standard InChI is InChI=1S/C6H10O4.C5H12O2.C3H4O2/c7-5(8)3-1-2-4-6(9)10;1-5(2,3-6)4-7;1-2-3(4)5/h1-4H2,(H,7,8)(H,9,10);6-7H,3-4H2,1-2H3;2H,1H2,(H,4,5). The minimum Gasteiger partial charge on any atom is -0.481 e. The molecule has 0 unspecified atom stereocenters. The van der Waals surface area contributed by atoms with Gasteiger partial charge in [0, 0.05) is 24.3 Å². The van der Waals surface area contributed by atoms with Crippen LogP contribution in [0.25, 0.3) is 0 Å². The Labute approximate surface area is 129 Å². The molecular weight excluding hydrogens is 296 g/mol. The van der Waals surface area contributed by atoms with Gasteiger partial charge in [-0.1, -0.05) is 20.4 Å². The molecule has 0 saturated carbocycles. The van der Waals surface area contributed by atoms with Gasteiger partial charge in [0.1, 0.15) is 0 Å². The number of unbranched alkanes of at least 4 members (excludes halogenated alkanes) is 1. The molecule has 0 aliphatic rings. The summed E-state index contributed by atoms with van der Waals surface area (Å²) in [6, 6.07) is 0. The lowest BCUT2D eigenvalue weighted by molar-refractivity contribution is -0.139. The van der Waals surface area contributed by atoms with E-state index in [1.807, 2.05) is 0 Å². The highest BCUT2D eigenvalue weighted by atomic mass is 16.4. The van der Waals surface area contributed by atoms with Crippen LogP contribution in [0.2, 0.25) is 0 Å². The minimum absolute atomic E-state index is 0.0451. The largest absolute Gasteiger partial charge is 0.481 e. The van der Waals surface area contributed by atoms with Crippen LogP contribution in [0.3, 0.4) is 0 Å². The summed E-state index contributed by atoms with van der Waals surface area (Å²) in [6.07, 6.45) is 1.85. The molecule has 0 fully saturated rings. The highest BCUT2D eigenvalue weighted by molar-refractivity contribution is 5.78. The Hall–Kier alpha value is -1.93.